The van der Waals surface area contributed by atoms with E-state index in [4.69, 9.17) is 10.00 Å². The molecule has 0 radical (unpaired) electrons. The molecule has 0 amide bonds. The number of nitriles is 1. The van der Waals surface area contributed by atoms with E-state index in [9.17, 15) is 5.11 Å². The van der Waals surface area contributed by atoms with Crippen molar-refractivity contribution < 1.29 is 9.84 Å². The lowest BCUT2D eigenvalue weighted by Crippen LogP contribution is -2.36. The molecule has 4 heteroatoms. The van der Waals surface area contributed by atoms with Crippen LogP contribution in [0.15, 0.2) is 36.4 Å². The third-order valence-electron chi connectivity index (χ3n) is 2.84. The Kier molecular flexibility index (Phi) is 6.78. The molecule has 1 aromatic rings. The van der Waals surface area contributed by atoms with Gasteiger partial charge in [-0.2, -0.15) is 5.26 Å². The van der Waals surface area contributed by atoms with Gasteiger partial charge in [0, 0.05) is 13.1 Å². The number of rotatable bonds is 8. The summed E-state index contributed by atoms with van der Waals surface area (Å²) in [5, 5.41) is 18.7. The van der Waals surface area contributed by atoms with E-state index < -0.39 is 6.10 Å². The molecule has 0 saturated heterocycles. The summed E-state index contributed by atoms with van der Waals surface area (Å²) in [4.78, 5) is 2.12. The van der Waals surface area contributed by atoms with Gasteiger partial charge in [-0.1, -0.05) is 19.1 Å². The maximum atomic E-state index is 9.98. The normalized spacial score (nSPS) is 11.9. The topological polar surface area (TPSA) is 56.5 Å². The summed E-state index contributed by atoms with van der Waals surface area (Å²) in [6, 6.07) is 8.91. The van der Waals surface area contributed by atoms with Gasteiger partial charge in [-0.25, -0.2) is 0 Å². The monoisotopic (exact) mass is 274 g/mol. The average Bonchev–Trinajstić information content (AvgIpc) is 2.44. The number of hydrogen-bond acceptors (Lipinski definition) is 4. The molecule has 0 heterocycles. The lowest BCUT2D eigenvalue weighted by Gasteiger charge is -2.23. The van der Waals surface area contributed by atoms with Crippen LogP contribution in [0.25, 0.3) is 0 Å². The van der Waals surface area contributed by atoms with Gasteiger partial charge in [0.15, 0.2) is 0 Å². The molecule has 1 N–H and O–H groups in total. The second-order valence-corrected chi connectivity index (χ2v) is 4.89. The highest BCUT2D eigenvalue weighted by atomic mass is 16.5. The Morgan fingerprint density at radius 1 is 1.45 bits per heavy atom. The molecule has 0 aromatic heterocycles. The third kappa shape index (κ3) is 5.87. The first-order chi connectivity index (χ1) is 9.55. The molecule has 0 aliphatic heterocycles. The average molecular weight is 274 g/mol. The van der Waals surface area contributed by atoms with E-state index >= 15 is 0 Å². The Hall–Kier alpha value is -1.83. The molecule has 0 spiro atoms. The summed E-state index contributed by atoms with van der Waals surface area (Å²) in [5.74, 6) is 0.658. The Balaban J connectivity index is 2.39. The van der Waals surface area contributed by atoms with E-state index in [1.807, 2.05) is 6.92 Å². The van der Waals surface area contributed by atoms with Crippen LogP contribution in [0.5, 0.6) is 5.75 Å². The van der Waals surface area contributed by atoms with Gasteiger partial charge in [-0.15, -0.1) is 0 Å². The van der Waals surface area contributed by atoms with Gasteiger partial charge < -0.3 is 9.84 Å². The van der Waals surface area contributed by atoms with Crippen molar-refractivity contribution in [3.05, 3.63) is 42.0 Å². The smallest absolute Gasteiger partial charge is 0.119 e. The number of aliphatic hydroxyl groups excluding tert-OH is 1. The van der Waals surface area contributed by atoms with Crippen molar-refractivity contribution in [3.8, 4) is 11.8 Å². The summed E-state index contributed by atoms with van der Waals surface area (Å²) in [6.07, 6.45) is -0.551. The number of aliphatic hydroxyl groups is 1. The molecule has 0 fully saturated rings. The fraction of sp³-hybridized carbons (Fsp3) is 0.438. The Labute approximate surface area is 120 Å². The first kappa shape index (κ1) is 16.2. The van der Waals surface area contributed by atoms with Crippen molar-refractivity contribution in [3.63, 3.8) is 0 Å². The van der Waals surface area contributed by atoms with E-state index in [1.54, 1.807) is 24.3 Å². The predicted octanol–water partition coefficient (Wildman–Crippen LogP) is 2.20. The van der Waals surface area contributed by atoms with Crippen LogP contribution < -0.4 is 4.74 Å². The van der Waals surface area contributed by atoms with Crippen LogP contribution >= 0.6 is 0 Å². The molecule has 4 nitrogen and oxygen atoms in total. The second kappa shape index (κ2) is 8.36. The van der Waals surface area contributed by atoms with Gasteiger partial charge >= 0.3 is 0 Å². The van der Waals surface area contributed by atoms with Crippen LogP contribution in [0.2, 0.25) is 0 Å². The van der Waals surface area contributed by atoms with Crippen LogP contribution in [0.1, 0.15) is 19.4 Å². The largest absolute Gasteiger partial charge is 0.491 e. The zero-order chi connectivity index (χ0) is 15.0. The van der Waals surface area contributed by atoms with E-state index in [-0.39, 0.29) is 6.61 Å². The van der Waals surface area contributed by atoms with Crippen molar-refractivity contribution in [2.24, 2.45) is 0 Å². The van der Waals surface area contributed by atoms with Gasteiger partial charge in [0.25, 0.3) is 0 Å². The van der Waals surface area contributed by atoms with E-state index in [0.29, 0.717) is 17.9 Å². The SMILES string of the molecule is C=C(C)CN(CC)CC(O)COc1ccc(C#N)cc1. The Morgan fingerprint density at radius 3 is 2.60 bits per heavy atom. The summed E-state index contributed by atoms with van der Waals surface area (Å²) < 4.78 is 5.51. The van der Waals surface area contributed by atoms with E-state index in [0.717, 1.165) is 18.7 Å². The summed E-state index contributed by atoms with van der Waals surface area (Å²) in [6.45, 7) is 10.3. The van der Waals surface area contributed by atoms with Crippen LogP contribution in [0.4, 0.5) is 0 Å². The summed E-state index contributed by atoms with van der Waals surface area (Å²) in [5.41, 5.74) is 1.67. The maximum Gasteiger partial charge on any atom is 0.119 e. The van der Waals surface area contributed by atoms with E-state index in [2.05, 4.69) is 24.5 Å². The summed E-state index contributed by atoms with van der Waals surface area (Å²) >= 11 is 0. The lowest BCUT2D eigenvalue weighted by molar-refractivity contribution is 0.0728. The van der Waals surface area contributed by atoms with Gasteiger partial charge in [0.2, 0.25) is 0 Å². The minimum atomic E-state index is -0.551. The van der Waals surface area contributed by atoms with Crippen LogP contribution in [-0.2, 0) is 0 Å². The van der Waals surface area contributed by atoms with Gasteiger partial charge in [-0.05, 0) is 37.7 Å². The highest BCUT2D eigenvalue weighted by Crippen LogP contribution is 2.12. The standard InChI is InChI=1S/C16H22N2O2/c1-4-18(10-13(2)3)11-15(19)12-20-16-7-5-14(9-17)6-8-16/h5-8,15,19H,2,4,10-12H2,1,3H3. The number of hydrogen-bond donors (Lipinski definition) is 1. The van der Waals surface area contributed by atoms with Crippen molar-refractivity contribution in [2.45, 2.75) is 20.0 Å². The first-order valence-electron chi connectivity index (χ1n) is 6.73. The minimum Gasteiger partial charge on any atom is -0.491 e. The van der Waals surface area contributed by atoms with Crippen molar-refractivity contribution in [1.29, 1.82) is 5.26 Å². The molecule has 0 aliphatic rings. The van der Waals surface area contributed by atoms with Crippen LogP contribution in [0.3, 0.4) is 0 Å². The van der Waals surface area contributed by atoms with Crippen molar-refractivity contribution >= 4 is 0 Å². The molecule has 0 bridgehead atoms. The number of ether oxygens (including phenoxy) is 1. The zero-order valence-electron chi connectivity index (χ0n) is 12.2. The highest BCUT2D eigenvalue weighted by Gasteiger charge is 2.11. The van der Waals surface area contributed by atoms with Gasteiger partial charge in [0.05, 0.1) is 11.6 Å². The number of likely N-dealkylation sites (N-methyl/N-ethyl adjacent to an activating group) is 1. The number of benzene rings is 1. The minimum absolute atomic E-state index is 0.235. The molecule has 20 heavy (non-hydrogen) atoms. The molecule has 0 aliphatic carbocycles. The number of nitrogens with zero attached hydrogens (tertiary/aromatic N) is 2. The van der Waals surface area contributed by atoms with Crippen LogP contribution in [0, 0.1) is 11.3 Å². The van der Waals surface area contributed by atoms with Crippen molar-refractivity contribution in [1.82, 2.24) is 4.90 Å². The fourth-order valence-corrected chi connectivity index (χ4v) is 1.86. The quantitative estimate of drug-likeness (QED) is 0.738. The lowest BCUT2D eigenvalue weighted by atomic mass is 10.2. The molecule has 1 atom stereocenters. The zero-order valence-corrected chi connectivity index (χ0v) is 12.2. The fourth-order valence-electron chi connectivity index (χ4n) is 1.86. The maximum absolute atomic E-state index is 9.98. The Bertz CT molecular complexity index is 462. The van der Waals surface area contributed by atoms with Gasteiger partial charge in [0.1, 0.15) is 18.5 Å². The molecular weight excluding hydrogens is 252 g/mol. The second-order valence-electron chi connectivity index (χ2n) is 4.89. The molecule has 0 saturated carbocycles. The molecule has 108 valence electrons. The molecule has 1 unspecified atom stereocenters. The first-order valence-corrected chi connectivity index (χ1v) is 6.73. The van der Waals surface area contributed by atoms with E-state index in [1.165, 1.54) is 0 Å². The predicted molar refractivity (Wildman–Crippen MR) is 79.6 cm³/mol. The molecule has 1 aromatic carbocycles. The highest BCUT2D eigenvalue weighted by molar-refractivity contribution is 5.34. The Morgan fingerprint density at radius 2 is 2.10 bits per heavy atom. The van der Waals surface area contributed by atoms with Crippen molar-refractivity contribution in [2.75, 3.05) is 26.2 Å². The molecular formula is C16H22N2O2. The van der Waals surface area contributed by atoms with Gasteiger partial charge in [-0.3, -0.25) is 4.90 Å². The molecule has 1 rings (SSSR count). The third-order valence-corrected chi connectivity index (χ3v) is 2.84. The summed E-state index contributed by atoms with van der Waals surface area (Å²) in [7, 11) is 0. The van der Waals surface area contributed by atoms with Crippen LogP contribution in [-0.4, -0.2) is 42.4 Å².